The summed E-state index contributed by atoms with van der Waals surface area (Å²) >= 11 is 0. The second-order valence-electron chi connectivity index (χ2n) is 7.51. The fraction of sp³-hybridized carbons (Fsp3) is 0.238. The van der Waals surface area contributed by atoms with Crippen LogP contribution in [0.3, 0.4) is 0 Å². The summed E-state index contributed by atoms with van der Waals surface area (Å²) in [4.78, 5) is 33.7. The molecule has 0 saturated carbocycles. The first-order valence-electron chi connectivity index (χ1n) is 9.92. The van der Waals surface area contributed by atoms with E-state index >= 15 is 0 Å². The van der Waals surface area contributed by atoms with Crippen molar-refractivity contribution in [3.8, 4) is 11.6 Å². The van der Waals surface area contributed by atoms with Crippen LogP contribution in [0.1, 0.15) is 16.1 Å². The second kappa shape index (κ2) is 9.08. The van der Waals surface area contributed by atoms with E-state index in [1.54, 1.807) is 18.2 Å². The fourth-order valence-corrected chi connectivity index (χ4v) is 4.63. The predicted octanol–water partition coefficient (Wildman–Crippen LogP) is 3.72. The third-order valence-electron chi connectivity index (χ3n) is 4.98. The summed E-state index contributed by atoms with van der Waals surface area (Å²) in [5.41, 5.74) is -0.351. The highest BCUT2D eigenvalue weighted by molar-refractivity contribution is 8.24. The molecule has 180 valence electrons. The predicted molar refractivity (Wildman–Crippen MR) is 118 cm³/mol. The highest BCUT2D eigenvalue weighted by atomic mass is 32.3. The van der Waals surface area contributed by atoms with E-state index in [-0.39, 0.29) is 36.3 Å². The Labute approximate surface area is 192 Å². The maximum atomic E-state index is 12.6. The van der Waals surface area contributed by atoms with Gasteiger partial charge in [-0.05, 0) is 30.3 Å². The first-order chi connectivity index (χ1) is 16.0. The van der Waals surface area contributed by atoms with Crippen LogP contribution >= 0.6 is 10.6 Å². The summed E-state index contributed by atoms with van der Waals surface area (Å²) in [6, 6.07) is 9.76. The van der Waals surface area contributed by atoms with Gasteiger partial charge in [-0.1, -0.05) is 6.07 Å². The van der Waals surface area contributed by atoms with Gasteiger partial charge in [0.1, 0.15) is 17.3 Å². The van der Waals surface area contributed by atoms with E-state index in [1.165, 1.54) is 17.0 Å². The van der Waals surface area contributed by atoms with Gasteiger partial charge in [-0.3, -0.25) is 18.7 Å². The van der Waals surface area contributed by atoms with E-state index in [4.69, 9.17) is 4.74 Å². The Morgan fingerprint density at radius 1 is 1.15 bits per heavy atom. The molecule has 2 aromatic heterocycles. The molecule has 0 aliphatic carbocycles. The van der Waals surface area contributed by atoms with Gasteiger partial charge in [0.05, 0.1) is 23.4 Å². The summed E-state index contributed by atoms with van der Waals surface area (Å²) in [5.74, 6) is -0.705. The number of aromatic nitrogens is 2. The van der Waals surface area contributed by atoms with Crippen molar-refractivity contribution in [3.05, 3.63) is 59.9 Å². The lowest BCUT2D eigenvalue weighted by Gasteiger charge is -2.25. The second-order valence-corrected chi connectivity index (χ2v) is 9.78. The Morgan fingerprint density at radius 2 is 1.94 bits per heavy atom. The fourth-order valence-electron chi connectivity index (χ4n) is 3.21. The number of rotatable bonds is 5. The molecule has 3 N–H and O–H groups in total. The van der Waals surface area contributed by atoms with Crippen LogP contribution in [0.25, 0.3) is 10.9 Å². The normalized spacial score (nSPS) is 16.3. The van der Waals surface area contributed by atoms with Gasteiger partial charge < -0.3 is 15.0 Å². The molecular formula is C21H19F3N4O5S. The van der Waals surface area contributed by atoms with E-state index in [0.29, 0.717) is 22.8 Å². The monoisotopic (exact) mass is 496 g/mol. The van der Waals surface area contributed by atoms with Crippen LogP contribution in [0.15, 0.2) is 48.7 Å². The highest BCUT2D eigenvalue weighted by Crippen LogP contribution is 2.43. The summed E-state index contributed by atoms with van der Waals surface area (Å²) < 4.78 is 62.6. The lowest BCUT2D eigenvalue weighted by molar-refractivity contribution is -0.137. The molecule has 0 radical (unpaired) electrons. The molecule has 3 heterocycles. The number of fused-ring (bicyclic) bond motifs is 1. The molecular weight excluding hydrogens is 477 g/mol. The van der Waals surface area contributed by atoms with Crippen molar-refractivity contribution in [1.82, 2.24) is 20.2 Å². The number of hydrogen-bond acceptors (Lipinski definition) is 7. The SMILES string of the molecule is O=C(NCC(=O)N1CCS(O)(O)C1)c1ccc2cc(Oc3ccc(C(F)(F)F)cn3)ccc2n1. The molecule has 4 rings (SSSR count). The zero-order valence-electron chi connectivity index (χ0n) is 17.5. The molecule has 1 fully saturated rings. The largest absolute Gasteiger partial charge is 0.439 e. The third-order valence-corrected chi connectivity index (χ3v) is 6.54. The number of alkyl halides is 3. The Balaban J connectivity index is 1.39. The number of pyridine rings is 2. The maximum Gasteiger partial charge on any atom is 0.417 e. The van der Waals surface area contributed by atoms with Crippen LogP contribution in [0.2, 0.25) is 0 Å². The van der Waals surface area contributed by atoms with Gasteiger partial charge in [-0.25, -0.2) is 9.97 Å². The minimum atomic E-state index is -4.49. The topological polar surface area (TPSA) is 125 Å². The van der Waals surface area contributed by atoms with Crippen molar-refractivity contribution in [2.24, 2.45) is 0 Å². The highest BCUT2D eigenvalue weighted by Gasteiger charge is 2.31. The van der Waals surface area contributed by atoms with Gasteiger partial charge >= 0.3 is 6.18 Å². The molecule has 9 nitrogen and oxygen atoms in total. The van der Waals surface area contributed by atoms with Gasteiger partial charge in [-0.15, -0.1) is 0 Å². The van der Waals surface area contributed by atoms with Crippen molar-refractivity contribution < 1.29 is 36.6 Å². The van der Waals surface area contributed by atoms with Gasteiger partial charge in [0.2, 0.25) is 11.8 Å². The van der Waals surface area contributed by atoms with Crippen molar-refractivity contribution in [2.75, 3.05) is 24.7 Å². The van der Waals surface area contributed by atoms with E-state index in [1.807, 2.05) is 0 Å². The number of nitrogens with one attached hydrogen (secondary N) is 1. The molecule has 0 atom stereocenters. The average molecular weight is 496 g/mol. The van der Waals surface area contributed by atoms with Crippen LogP contribution in [0.4, 0.5) is 13.2 Å². The molecule has 34 heavy (non-hydrogen) atoms. The van der Waals surface area contributed by atoms with Crippen LogP contribution in [-0.4, -0.2) is 60.5 Å². The Hall–Kier alpha value is -3.42. The van der Waals surface area contributed by atoms with Gasteiger partial charge in [0, 0.05) is 24.2 Å². The Morgan fingerprint density at radius 3 is 2.59 bits per heavy atom. The lowest BCUT2D eigenvalue weighted by atomic mass is 10.2. The molecule has 3 aromatic rings. The first-order valence-corrected chi connectivity index (χ1v) is 11.8. The number of amides is 2. The molecule has 1 aromatic carbocycles. The van der Waals surface area contributed by atoms with Crippen molar-refractivity contribution >= 4 is 33.3 Å². The number of halogens is 3. The van der Waals surface area contributed by atoms with Gasteiger partial charge in [-0.2, -0.15) is 23.8 Å². The zero-order chi connectivity index (χ0) is 24.5. The standard InChI is InChI=1S/C21H19F3N4O5S/c22-21(23,24)14-2-6-18(25-10-14)33-15-3-5-16-13(9-15)1-4-17(27-16)20(30)26-11-19(29)28-7-8-34(31,32)12-28/h1-6,9-10,31-32H,7-8,11-12H2,(H,26,30). The average Bonchev–Trinajstić information content (AvgIpc) is 3.16. The number of ether oxygens (including phenoxy) is 1. The van der Waals surface area contributed by atoms with Crippen LogP contribution in [-0.2, 0) is 11.0 Å². The van der Waals surface area contributed by atoms with Crippen molar-refractivity contribution in [1.29, 1.82) is 0 Å². The minimum Gasteiger partial charge on any atom is -0.439 e. The van der Waals surface area contributed by atoms with Crippen LogP contribution in [0, 0.1) is 0 Å². The van der Waals surface area contributed by atoms with E-state index in [0.717, 1.165) is 12.1 Å². The summed E-state index contributed by atoms with van der Waals surface area (Å²) in [7, 11) is -2.77. The van der Waals surface area contributed by atoms with E-state index < -0.39 is 34.1 Å². The number of hydrogen-bond donors (Lipinski definition) is 3. The van der Waals surface area contributed by atoms with Crippen molar-refractivity contribution in [2.45, 2.75) is 6.18 Å². The number of nitrogens with zero attached hydrogens (tertiary/aromatic N) is 3. The molecule has 0 spiro atoms. The summed E-state index contributed by atoms with van der Waals surface area (Å²) in [6.45, 7) is -0.0847. The van der Waals surface area contributed by atoms with E-state index in [9.17, 15) is 31.9 Å². The summed E-state index contributed by atoms with van der Waals surface area (Å²) in [5, 5.41) is 3.08. The van der Waals surface area contributed by atoms with Gasteiger partial charge in [0.15, 0.2) is 0 Å². The van der Waals surface area contributed by atoms with Gasteiger partial charge in [0.25, 0.3) is 5.91 Å². The maximum absolute atomic E-state index is 12.6. The zero-order valence-corrected chi connectivity index (χ0v) is 18.3. The molecule has 0 unspecified atom stereocenters. The molecule has 13 heteroatoms. The first kappa shape index (κ1) is 23.7. The Bertz CT molecular complexity index is 1240. The third kappa shape index (κ3) is 5.55. The summed E-state index contributed by atoms with van der Waals surface area (Å²) in [6.07, 6.45) is -3.81. The molecule has 1 aliphatic heterocycles. The smallest absolute Gasteiger partial charge is 0.417 e. The molecule has 2 amide bonds. The Kier molecular flexibility index (Phi) is 6.34. The quantitative estimate of drug-likeness (QED) is 0.492. The lowest BCUT2D eigenvalue weighted by Crippen LogP contribution is -2.39. The van der Waals surface area contributed by atoms with Crippen LogP contribution in [0.5, 0.6) is 11.6 Å². The van der Waals surface area contributed by atoms with Crippen molar-refractivity contribution in [3.63, 3.8) is 0 Å². The number of carbonyl (C=O) groups is 2. The number of carbonyl (C=O) groups excluding carboxylic acids is 2. The minimum absolute atomic E-state index is 0.0137. The molecule has 1 aliphatic rings. The van der Waals surface area contributed by atoms with Crippen LogP contribution < -0.4 is 10.1 Å². The molecule has 1 saturated heterocycles. The number of benzene rings is 1. The molecule has 0 bridgehead atoms. The van der Waals surface area contributed by atoms with E-state index in [2.05, 4.69) is 15.3 Å².